The summed E-state index contributed by atoms with van der Waals surface area (Å²) in [6, 6.07) is 19.9. The molecule has 5 N–H and O–H groups in total. The number of nitrogens with one attached hydrogen (secondary N) is 1. The molecule has 0 aliphatic carbocycles. The number of aldehydes is 1. The number of ether oxygens (including phenoxy) is 1. The van der Waals surface area contributed by atoms with Crippen LogP contribution >= 0.6 is 0 Å². The molecule has 0 saturated carbocycles. The van der Waals surface area contributed by atoms with E-state index in [4.69, 9.17) is 16.3 Å². The molecule has 10 heteroatoms. The molecule has 3 aromatic carbocycles. The fourth-order valence-electron chi connectivity index (χ4n) is 3.19. The van der Waals surface area contributed by atoms with Crippen molar-refractivity contribution < 1.29 is 23.1 Å². The van der Waals surface area contributed by atoms with Crippen molar-refractivity contribution in [2.24, 2.45) is 11.6 Å². The van der Waals surface area contributed by atoms with Crippen LogP contribution in [0.5, 0.6) is 11.5 Å². The fourth-order valence-corrected chi connectivity index (χ4v) is 3.19. The van der Waals surface area contributed by atoms with Gasteiger partial charge in [-0.15, -0.1) is 0 Å². The zero-order valence-corrected chi connectivity index (χ0v) is 23.2. The standard InChI is InChI=1S/C13H10FNO2.C7H7F.C6H13N.C4H9N3O/c14-10-1-5-12(6-2-10)17-13-7-3-11(4-8-13)15-9-16;1-6-2-4-7(8)5-3-6;1-6-4-3-5-7(6)2;5-1-2-7(6)3-4-8/h1-9H,(H,15,16);2-5H,1H3;6H,3-5H2,1-2H3;1-2,4H,3,5-6H2/b;;;2-1-. The van der Waals surface area contributed by atoms with Crippen molar-refractivity contribution in [3.05, 3.63) is 102 Å². The maximum Gasteiger partial charge on any atom is 0.211 e. The normalized spacial score (nSPS) is 13.9. The summed E-state index contributed by atoms with van der Waals surface area (Å²) in [5.74, 6) is 5.83. The van der Waals surface area contributed by atoms with Gasteiger partial charge >= 0.3 is 0 Å². The third-order valence-electron chi connectivity index (χ3n) is 5.59. The highest BCUT2D eigenvalue weighted by atomic mass is 19.1. The van der Waals surface area contributed by atoms with Gasteiger partial charge in [0.2, 0.25) is 6.41 Å². The van der Waals surface area contributed by atoms with Crippen LogP contribution in [-0.2, 0) is 9.59 Å². The SMILES string of the molecule is CC1CCCN1C.Cc1ccc(F)cc1.N/C=C\N(N)CC=O.O=CNc1ccc(Oc2ccc(F)cc2)cc1. The fraction of sp³-hybridized carbons (Fsp3) is 0.267. The van der Waals surface area contributed by atoms with Crippen LogP contribution in [0.3, 0.4) is 0 Å². The molecular weight excluding hydrogens is 516 g/mol. The van der Waals surface area contributed by atoms with E-state index in [9.17, 15) is 18.4 Å². The molecule has 0 spiro atoms. The van der Waals surface area contributed by atoms with Crippen molar-refractivity contribution in [2.45, 2.75) is 32.7 Å². The molecule has 0 radical (unpaired) electrons. The lowest BCUT2D eigenvalue weighted by Gasteiger charge is -2.12. The van der Waals surface area contributed by atoms with Crippen LogP contribution in [0.2, 0.25) is 0 Å². The average Bonchev–Trinajstić information content (AvgIpc) is 3.32. The number of likely N-dealkylation sites (tertiary alicyclic amines) is 1. The average molecular weight is 556 g/mol. The predicted molar refractivity (Wildman–Crippen MR) is 155 cm³/mol. The second-order valence-electron chi connectivity index (χ2n) is 8.81. The molecule has 4 rings (SSSR count). The zero-order chi connectivity index (χ0) is 29.8. The summed E-state index contributed by atoms with van der Waals surface area (Å²) < 4.78 is 30.2. The van der Waals surface area contributed by atoms with Crippen LogP contribution in [-0.4, -0.2) is 48.8 Å². The zero-order valence-electron chi connectivity index (χ0n) is 23.2. The van der Waals surface area contributed by atoms with E-state index in [0.717, 1.165) is 11.6 Å². The van der Waals surface area contributed by atoms with Gasteiger partial charge in [-0.3, -0.25) is 4.79 Å². The molecule has 1 atom stereocenters. The van der Waals surface area contributed by atoms with E-state index in [1.807, 2.05) is 6.92 Å². The number of rotatable bonds is 7. The number of halogens is 2. The molecule has 1 unspecified atom stereocenters. The largest absolute Gasteiger partial charge is 0.457 e. The van der Waals surface area contributed by atoms with Crippen molar-refractivity contribution >= 4 is 18.4 Å². The highest BCUT2D eigenvalue weighted by Crippen LogP contribution is 2.22. The topological polar surface area (TPSA) is 114 Å². The highest BCUT2D eigenvalue weighted by Gasteiger charge is 2.14. The van der Waals surface area contributed by atoms with E-state index < -0.39 is 0 Å². The van der Waals surface area contributed by atoms with Crippen molar-refractivity contribution in [2.75, 3.05) is 25.5 Å². The summed E-state index contributed by atoms with van der Waals surface area (Å²) in [4.78, 5) is 22.3. The Labute approximate surface area is 235 Å². The molecule has 1 heterocycles. The molecular formula is C30H39F2N5O3. The van der Waals surface area contributed by atoms with Crippen LogP contribution in [0.25, 0.3) is 0 Å². The van der Waals surface area contributed by atoms with E-state index in [1.165, 1.54) is 61.1 Å². The first-order valence-corrected chi connectivity index (χ1v) is 12.7. The van der Waals surface area contributed by atoms with Crippen molar-refractivity contribution in [3.8, 4) is 11.5 Å². The van der Waals surface area contributed by atoms with Gasteiger partial charge in [-0.1, -0.05) is 17.7 Å². The maximum atomic E-state index is 12.7. The Hall–Kier alpha value is -4.28. The van der Waals surface area contributed by atoms with Gasteiger partial charge in [0.05, 0.1) is 6.54 Å². The second-order valence-corrected chi connectivity index (χ2v) is 8.81. The number of hydrazine groups is 1. The summed E-state index contributed by atoms with van der Waals surface area (Å²) in [5, 5.41) is 3.71. The molecule has 0 aromatic heterocycles. The number of nitrogens with zero attached hydrogens (tertiary/aromatic N) is 2. The lowest BCUT2D eigenvalue weighted by Crippen LogP contribution is -2.26. The molecule has 1 aliphatic heterocycles. The van der Waals surface area contributed by atoms with E-state index in [0.29, 0.717) is 29.9 Å². The third kappa shape index (κ3) is 15.2. The molecule has 8 nitrogen and oxygen atoms in total. The van der Waals surface area contributed by atoms with Gasteiger partial charge in [0.1, 0.15) is 29.4 Å². The monoisotopic (exact) mass is 555 g/mol. The van der Waals surface area contributed by atoms with E-state index in [1.54, 1.807) is 48.5 Å². The Balaban J connectivity index is 0.000000293. The van der Waals surface area contributed by atoms with Crippen LogP contribution in [0.1, 0.15) is 25.3 Å². The number of carbonyl (C=O) groups excluding carboxylic acids is 2. The summed E-state index contributed by atoms with van der Waals surface area (Å²) in [6.45, 7) is 5.70. The molecule has 1 saturated heterocycles. The van der Waals surface area contributed by atoms with Crippen LogP contribution in [0.15, 0.2) is 85.2 Å². The number of carbonyl (C=O) groups is 2. The molecule has 3 aromatic rings. The Morgan fingerprint density at radius 2 is 1.50 bits per heavy atom. The molecule has 0 bridgehead atoms. The number of benzene rings is 3. The predicted octanol–water partition coefficient (Wildman–Crippen LogP) is 5.21. The molecule has 1 aliphatic rings. The minimum absolute atomic E-state index is 0.171. The van der Waals surface area contributed by atoms with E-state index in [2.05, 4.69) is 24.2 Å². The van der Waals surface area contributed by atoms with E-state index in [-0.39, 0.29) is 18.2 Å². The summed E-state index contributed by atoms with van der Waals surface area (Å²) >= 11 is 0. The van der Waals surface area contributed by atoms with Crippen molar-refractivity contribution in [3.63, 3.8) is 0 Å². The first kappa shape index (κ1) is 33.7. The van der Waals surface area contributed by atoms with Gasteiger partial charge in [-0.25, -0.2) is 14.6 Å². The Morgan fingerprint density at radius 3 is 1.88 bits per heavy atom. The van der Waals surface area contributed by atoms with Gasteiger partial charge in [-0.05, 0) is 101 Å². The molecule has 1 amide bonds. The number of hydrogen-bond acceptors (Lipinski definition) is 7. The second kappa shape index (κ2) is 19.7. The van der Waals surface area contributed by atoms with E-state index >= 15 is 0 Å². The minimum atomic E-state index is -0.303. The van der Waals surface area contributed by atoms with Gasteiger partial charge in [-0.2, -0.15) is 0 Å². The lowest BCUT2D eigenvalue weighted by atomic mass is 10.2. The summed E-state index contributed by atoms with van der Waals surface area (Å²) in [6.07, 6.45) is 6.78. The minimum Gasteiger partial charge on any atom is -0.457 e. The Morgan fingerprint density at radius 1 is 0.975 bits per heavy atom. The van der Waals surface area contributed by atoms with Gasteiger partial charge in [0.25, 0.3) is 0 Å². The van der Waals surface area contributed by atoms with Crippen molar-refractivity contribution in [1.82, 2.24) is 9.91 Å². The van der Waals surface area contributed by atoms with Crippen LogP contribution in [0.4, 0.5) is 14.5 Å². The van der Waals surface area contributed by atoms with Crippen molar-refractivity contribution in [1.29, 1.82) is 0 Å². The maximum absolute atomic E-state index is 12.7. The lowest BCUT2D eigenvalue weighted by molar-refractivity contribution is -0.108. The first-order chi connectivity index (χ1) is 19.2. The number of amides is 1. The molecule has 1 fully saturated rings. The number of anilines is 1. The molecule has 40 heavy (non-hydrogen) atoms. The quantitative estimate of drug-likeness (QED) is 0.208. The van der Waals surface area contributed by atoms with Crippen LogP contribution in [0, 0.1) is 18.6 Å². The van der Waals surface area contributed by atoms with Gasteiger partial charge in [0, 0.05) is 24.1 Å². The summed E-state index contributed by atoms with van der Waals surface area (Å²) in [7, 11) is 2.19. The van der Waals surface area contributed by atoms with Gasteiger partial charge in [0.15, 0.2) is 0 Å². The number of aryl methyl sites for hydroxylation is 1. The Bertz CT molecular complexity index is 1100. The molecule has 216 valence electrons. The van der Waals surface area contributed by atoms with Gasteiger partial charge < -0.3 is 30.5 Å². The van der Waals surface area contributed by atoms with Crippen LogP contribution < -0.4 is 21.6 Å². The number of nitrogens with two attached hydrogens (primary N) is 2. The smallest absolute Gasteiger partial charge is 0.211 e. The highest BCUT2D eigenvalue weighted by molar-refractivity contribution is 5.71. The first-order valence-electron chi connectivity index (χ1n) is 12.7. The Kier molecular flexibility index (Phi) is 16.7. The number of hydrogen-bond donors (Lipinski definition) is 3. The summed E-state index contributed by atoms with van der Waals surface area (Å²) in [5.41, 5.74) is 6.72. The third-order valence-corrected chi connectivity index (χ3v) is 5.59.